The smallest absolute Gasteiger partial charge is 0.309 e. The highest BCUT2D eigenvalue weighted by molar-refractivity contribution is 6.30. The number of fused-ring (bicyclic) bond motifs is 1. The SMILES string of the molecule is CC(C)(C)C(=O)c1c(CC(C)(C)C(=O)O)c(C(=O)c2ccc(Cl)cc2)c2ccc(OCc3cnccn3)cn12. The van der Waals surface area contributed by atoms with Crippen molar-refractivity contribution in [3.05, 3.63) is 94.3 Å². The lowest BCUT2D eigenvalue weighted by Gasteiger charge is -2.22. The highest BCUT2D eigenvalue weighted by atomic mass is 35.5. The second-order valence-corrected chi connectivity index (χ2v) is 11.5. The van der Waals surface area contributed by atoms with Gasteiger partial charge in [0.25, 0.3) is 0 Å². The van der Waals surface area contributed by atoms with Crippen molar-refractivity contribution in [3.8, 4) is 5.75 Å². The molecule has 0 amide bonds. The van der Waals surface area contributed by atoms with Gasteiger partial charge in [0.2, 0.25) is 0 Å². The van der Waals surface area contributed by atoms with Crippen molar-refractivity contribution in [3.63, 3.8) is 0 Å². The number of carbonyl (C=O) groups is 3. The Hall–Kier alpha value is -4.04. The number of benzene rings is 1. The molecular formula is C30H30ClN3O5. The third kappa shape index (κ3) is 5.86. The largest absolute Gasteiger partial charge is 0.486 e. The van der Waals surface area contributed by atoms with E-state index in [1.165, 1.54) is 0 Å². The van der Waals surface area contributed by atoms with Crippen LogP contribution in [0.5, 0.6) is 5.75 Å². The van der Waals surface area contributed by atoms with Gasteiger partial charge < -0.3 is 14.2 Å². The molecule has 3 aromatic heterocycles. The number of aliphatic carboxylic acids is 1. The van der Waals surface area contributed by atoms with Gasteiger partial charge in [0, 0.05) is 28.4 Å². The number of hydrogen-bond donors (Lipinski definition) is 1. The summed E-state index contributed by atoms with van der Waals surface area (Å²) < 4.78 is 7.59. The van der Waals surface area contributed by atoms with Crippen LogP contribution in [-0.4, -0.2) is 37.0 Å². The Morgan fingerprint density at radius 3 is 2.28 bits per heavy atom. The molecule has 0 atom stereocenters. The van der Waals surface area contributed by atoms with Crippen LogP contribution in [-0.2, 0) is 17.8 Å². The Labute approximate surface area is 231 Å². The van der Waals surface area contributed by atoms with Gasteiger partial charge in [-0.2, -0.15) is 0 Å². The first-order valence-electron chi connectivity index (χ1n) is 12.4. The van der Waals surface area contributed by atoms with Crippen LogP contribution >= 0.6 is 11.6 Å². The Bertz CT molecular complexity index is 1550. The molecule has 0 spiro atoms. The van der Waals surface area contributed by atoms with Crippen LogP contribution in [0.1, 0.15) is 72.3 Å². The zero-order chi connectivity index (χ0) is 28.5. The predicted octanol–water partition coefficient (Wildman–Crippen LogP) is 6.07. The summed E-state index contributed by atoms with van der Waals surface area (Å²) in [6.07, 6.45) is 6.35. The van der Waals surface area contributed by atoms with E-state index in [4.69, 9.17) is 16.3 Å². The lowest BCUT2D eigenvalue weighted by molar-refractivity contribution is -0.146. The van der Waals surface area contributed by atoms with Gasteiger partial charge in [0.15, 0.2) is 11.6 Å². The normalized spacial score (nSPS) is 11.9. The van der Waals surface area contributed by atoms with E-state index in [1.807, 2.05) is 0 Å². The van der Waals surface area contributed by atoms with Gasteiger partial charge >= 0.3 is 5.97 Å². The number of pyridine rings is 1. The predicted molar refractivity (Wildman–Crippen MR) is 148 cm³/mol. The molecule has 39 heavy (non-hydrogen) atoms. The second kappa shape index (κ2) is 10.6. The number of carboxylic acid groups (broad SMARTS) is 1. The average Bonchev–Trinajstić information content (AvgIpc) is 3.19. The van der Waals surface area contributed by atoms with Crippen LogP contribution in [0.15, 0.2) is 61.2 Å². The Kier molecular flexibility index (Phi) is 7.61. The zero-order valence-corrected chi connectivity index (χ0v) is 23.2. The molecule has 3 heterocycles. The molecule has 0 aliphatic carbocycles. The minimum absolute atomic E-state index is 0.0361. The summed E-state index contributed by atoms with van der Waals surface area (Å²) in [6, 6.07) is 9.89. The fraction of sp³-hybridized carbons (Fsp3) is 0.300. The third-order valence-corrected chi connectivity index (χ3v) is 6.69. The molecule has 0 aliphatic heterocycles. The first kappa shape index (κ1) is 28.0. The third-order valence-electron chi connectivity index (χ3n) is 6.44. The highest BCUT2D eigenvalue weighted by Crippen LogP contribution is 2.37. The summed E-state index contributed by atoms with van der Waals surface area (Å²) in [4.78, 5) is 48.3. The van der Waals surface area contributed by atoms with Gasteiger partial charge in [0.05, 0.1) is 40.3 Å². The van der Waals surface area contributed by atoms with Crippen molar-refractivity contribution in [2.75, 3.05) is 0 Å². The van der Waals surface area contributed by atoms with Crippen LogP contribution in [0.4, 0.5) is 0 Å². The maximum Gasteiger partial charge on any atom is 0.309 e. The molecule has 0 bridgehead atoms. The van der Waals surface area contributed by atoms with Crippen LogP contribution in [0.2, 0.25) is 5.02 Å². The molecule has 4 aromatic rings. The first-order valence-corrected chi connectivity index (χ1v) is 12.8. The Morgan fingerprint density at radius 2 is 1.69 bits per heavy atom. The number of ether oxygens (including phenoxy) is 1. The summed E-state index contributed by atoms with van der Waals surface area (Å²) in [5, 5.41) is 10.4. The number of Topliss-reactive ketones (excluding diaryl/α,β-unsaturated/α-hetero) is 1. The summed E-state index contributed by atoms with van der Waals surface area (Å²) in [5.74, 6) is -1.15. The van der Waals surface area contributed by atoms with E-state index in [-0.39, 0.29) is 35.9 Å². The average molecular weight is 548 g/mol. The van der Waals surface area contributed by atoms with Crippen molar-refractivity contribution in [2.45, 2.75) is 47.6 Å². The molecule has 8 nitrogen and oxygen atoms in total. The maximum absolute atomic E-state index is 14.0. The number of carboxylic acids is 1. The van der Waals surface area contributed by atoms with Crippen molar-refractivity contribution in [1.29, 1.82) is 0 Å². The number of hydrogen-bond acceptors (Lipinski definition) is 6. The van der Waals surface area contributed by atoms with E-state index in [0.717, 1.165) is 0 Å². The molecule has 0 radical (unpaired) electrons. The van der Waals surface area contributed by atoms with E-state index in [0.29, 0.717) is 33.1 Å². The summed E-state index contributed by atoms with van der Waals surface area (Å²) in [5.41, 5.74) is 0.330. The number of halogens is 1. The van der Waals surface area contributed by atoms with E-state index >= 15 is 0 Å². The van der Waals surface area contributed by atoms with E-state index in [1.54, 1.807) is 100 Å². The van der Waals surface area contributed by atoms with Gasteiger partial charge in [-0.05, 0) is 62.2 Å². The van der Waals surface area contributed by atoms with Gasteiger partial charge in [-0.3, -0.25) is 24.4 Å². The summed E-state index contributed by atoms with van der Waals surface area (Å²) in [6.45, 7) is 8.67. The van der Waals surface area contributed by atoms with E-state index < -0.39 is 16.8 Å². The molecule has 202 valence electrons. The Morgan fingerprint density at radius 1 is 1.00 bits per heavy atom. The minimum atomic E-state index is -1.25. The molecule has 0 fully saturated rings. The molecular weight excluding hydrogens is 518 g/mol. The molecule has 1 N–H and O–H groups in total. The molecule has 4 rings (SSSR count). The summed E-state index contributed by atoms with van der Waals surface area (Å²) in [7, 11) is 0. The first-order chi connectivity index (χ1) is 18.3. The minimum Gasteiger partial charge on any atom is -0.486 e. The molecule has 0 saturated heterocycles. The number of ketones is 2. The Balaban J connectivity index is 1.96. The lowest BCUT2D eigenvalue weighted by atomic mass is 9.80. The van der Waals surface area contributed by atoms with Gasteiger partial charge in [-0.25, -0.2) is 0 Å². The van der Waals surface area contributed by atoms with Gasteiger partial charge in [0.1, 0.15) is 12.4 Å². The fourth-order valence-corrected chi connectivity index (χ4v) is 4.35. The number of aromatic nitrogens is 3. The van der Waals surface area contributed by atoms with Crippen LogP contribution in [0.25, 0.3) is 5.52 Å². The van der Waals surface area contributed by atoms with Crippen molar-refractivity contribution >= 4 is 34.7 Å². The van der Waals surface area contributed by atoms with Crippen molar-refractivity contribution in [2.24, 2.45) is 10.8 Å². The monoisotopic (exact) mass is 547 g/mol. The highest BCUT2D eigenvalue weighted by Gasteiger charge is 2.37. The molecule has 1 aromatic carbocycles. The quantitative estimate of drug-likeness (QED) is 0.253. The summed E-state index contributed by atoms with van der Waals surface area (Å²) >= 11 is 6.05. The number of nitrogens with zero attached hydrogens (tertiary/aromatic N) is 3. The molecule has 0 unspecified atom stereocenters. The van der Waals surface area contributed by atoms with Crippen molar-refractivity contribution in [1.82, 2.24) is 14.4 Å². The van der Waals surface area contributed by atoms with Gasteiger partial charge in [-0.1, -0.05) is 32.4 Å². The number of carbonyl (C=O) groups excluding carboxylic acids is 2. The van der Waals surface area contributed by atoms with E-state index in [9.17, 15) is 19.5 Å². The van der Waals surface area contributed by atoms with Crippen LogP contribution in [0, 0.1) is 10.8 Å². The lowest BCUT2D eigenvalue weighted by Crippen LogP contribution is -2.29. The van der Waals surface area contributed by atoms with Crippen LogP contribution < -0.4 is 4.74 Å². The van der Waals surface area contributed by atoms with Crippen molar-refractivity contribution < 1.29 is 24.2 Å². The maximum atomic E-state index is 14.0. The van der Waals surface area contributed by atoms with E-state index in [2.05, 4.69) is 9.97 Å². The second-order valence-electron chi connectivity index (χ2n) is 11.1. The fourth-order valence-electron chi connectivity index (χ4n) is 4.23. The standard InChI is InChI=1S/C30H30ClN3O5/c1-29(2,3)27(36)25-22(14-30(4,5)28(37)38)24(26(35)18-6-8-19(31)9-7-18)23-11-10-21(16-34(23)25)39-17-20-15-32-12-13-33-20/h6-13,15-16H,14,17H2,1-5H3,(H,37,38). The molecule has 0 saturated carbocycles. The number of rotatable bonds is 9. The molecule has 0 aliphatic rings. The van der Waals surface area contributed by atoms with Gasteiger partial charge in [-0.15, -0.1) is 0 Å². The zero-order valence-electron chi connectivity index (χ0n) is 22.5. The molecule has 9 heteroatoms. The van der Waals surface area contributed by atoms with Crippen LogP contribution in [0.3, 0.4) is 0 Å². The topological polar surface area (TPSA) is 111 Å².